The molecule has 0 bridgehead atoms. The molecule has 108 valence electrons. The minimum Gasteiger partial charge on any atom is -0.336 e. The Morgan fingerprint density at radius 3 is 2.68 bits per heavy atom. The van der Waals surface area contributed by atoms with Crippen molar-refractivity contribution in [1.29, 1.82) is 0 Å². The molecule has 2 aliphatic rings. The van der Waals surface area contributed by atoms with E-state index >= 15 is 0 Å². The summed E-state index contributed by atoms with van der Waals surface area (Å²) in [6.45, 7) is 4.47. The molecule has 2 aliphatic heterocycles. The Labute approximate surface area is 114 Å². The van der Waals surface area contributed by atoms with Crippen molar-refractivity contribution in [2.45, 2.75) is 19.3 Å². The van der Waals surface area contributed by atoms with Crippen molar-refractivity contribution in [3.8, 4) is 0 Å². The first-order valence-corrected chi connectivity index (χ1v) is 7.16. The lowest BCUT2D eigenvalue weighted by Crippen LogP contribution is -2.44. The molecule has 0 spiro atoms. The summed E-state index contributed by atoms with van der Waals surface area (Å²) in [6.07, 6.45) is 3.52. The van der Waals surface area contributed by atoms with Gasteiger partial charge in [0.05, 0.1) is 6.54 Å². The van der Waals surface area contributed by atoms with Crippen molar-refractivity contribution in [3.63, 3.8) is 0 Å². The van der Waals surface area contributed by atoms with Crippen LogP contribution in [0.1, 0.15) is 19.3 Å². The number of urea groups is 1. The van der Waals surface area contributed by atoms with Crippen molar-refractivity contribution < 1.29 is 9.59 Å². The van der Waals surface area contributed by atoms with Crippen LogP contribution in [-0.4, -0.2) is 68.1 Å². The molecule has 2 rings (SSSR count). The summed E-state index contributed by atoms with van der Waals surface area (Å²) in [6, 6.07) is -0.242. The van der Waals surface area contributed by atoms with Crippen LogP contribution in [0.3, 0.4) is 0 Å². The highest BCUT2D eigenvalue weighted by Crippen LogP contribution is 2.19. The van der Waals surface area contributed by atoms with Gasteiger partial charge in [-0.3, -0.25) is 14.6 Å². The molecule has 6 heteroatoms. The Balaban J connectivity index is 1.70. The van der Waals surface area contributed by atoms with E-state index in [0.29, 0.717) is 19.6 Å². The van der Waals surface area contributed by atoms with Gasteiger partial charge in [-0.15, -0.1) is 0 Å². The molecule has 3 amide bonds. The number of carbonyl (C=O) groups excluding carboxylic acids is 2. The molecule has 0 aliphatic carbocycles. The van der Waals surface area contributed by atoms with Crippen LogP contribution in [0.25, 0.3) is 0 Å². The maximum absolute atomic E-state index is 12.0. The molecule has 0 aromatic carbocycles. The molecule has 0 aromatic heterocycles. The number of amides is 3. The molecular weight excluding hydrogens is 244 g/mol. The van der Waals surface area contributed by atoms with Gasteiger partial charge < -0.3 is 10.6 Å². The lowest BCUT2D eigenvalue weighted by molar-refractivity contribution is -0.129. The minimum absolute atomic E-state index is 0.0660. The van der Waals surface area contributed by atoms with Gasteiger partial charge in [-0.05, 0) is 51.9 Å². The summed E-state index contributed by atoms with van der Waals surface area (Å²) >= 11 is 0. The highest BCUT2D eigenvalue weighted by atomic mass is 16.2. The molecule has 2 heterocycles. The van der Waals surface area contributed by atoms with E-state index in [1.54, 1.807) is 0 Å². The first kappa shape index (κ1) is 14.3. The largest absolute Gasteiger partial charge is 0.336 e. The lowest BCUT2D eigenvalue weighted by atomic mass is 9.93. The number of nitrogens with zero attached hydrogens (tertiary/aromatic N) is 2. The van der Waals surface area contributed by atoms with Crippen LogP contribution in [0.5, 0.6) is 0 Å². The van der Waals surface area contributed by atoms with Crippen molar-refractivity contribution in [2.75, 3.05) is 46.3 Å². The Bertz CT molecular complexity index is 327. The summed E-state index contributed by atoms with van der Waals surface area (Å²) < 4.78 is 0. The summed E-state index contributed by atoms with van der Waals surface area (Å²) in [5.41, 5.74) is 0. The van der Waals surface area contributed by atoms with E-state index in [1.165, 1.54) is 11.3 Å². The van der Waals surface area contributed by atoms with E-state index in [0.717, 1.165) is 38.4 Å². The average molecular weight is 268 g/mol. The number of imide groups is 1. The van der Waals surface area contributed by atoms with Gasteiger partial charge in [0.2, 0.25) is 5.91 Å². The fraction of sp³-hybridized carbons (Fsp3) is 0.846. The maximum atomic E-state index is 12.0. The molecule has 0 saturated carbocycles. The van der Waals surface area contributed by atoms with Crippen molar-refractivity contribution >= 4 is 11.9 Å². The van der Waals surface area contributed by atoms with E-state index in [1.807, 2.05) is 7.05 Å². The third kappa shape index (κ3) is 3.91. The second-order valence-corrected chi connectivity index (χ2v) is 5.39. The van der Waals surface area contributed by atoms with E-state index < -0.39 is 0 Å². The standard InChI is InChI=1S/C13H24N4O2/c1-14-5-2-11-3-7-16(8-4-11)10-12(18)17-9-6-15-13(17)19/h11,14H,2-10H2,1H3,(H,15,19). The first-order valence-electron chi connectivity index (χ1n) is 7.16. The molecule has 0 atom stereocenters. The zero-order valence-corrected chi connectivity index (χ0v) is 11.7. The van der Waals surface area contributed by atoms with Gasteiger partial charge in [0.1, 0.15) is 0 Å². The monoisotopic (exact) mass is 268 g/mol. The number of rotatable bonds is 5. The molecule has 6 nitrogen and oxygen atoms in total. The predicted molar refractivity (Wildman–Crippen MR) is 72.8 cm³/mol. The summed E-state index contributed by atoms with van der Waals surface area (Å²) in [4.78, 5) is 26.9. The summed E-state index contributed by atoms with van der Waals surface area (Å²) in [7, 11) is 1.98. The third-order valence-electron chi connectivity index (χ3n) is 4.03. The third-order valence-corrected chi connectivity index (χ3v) is 4.03. The summed E-state index contributed by atoms with van der Waals surface area (Å²) in [5, 5.41) is 5.84. The molecule has 0 aromatic rings. The molecule has 2 fully saturated rings. The van der Waals surface area contributed by atoms with E-state index in [-0.39, 0.29) is 11.9 Å². The molecule has 19 heavy (non-hydrogen) atoms. The van der Waals surface area contributed by atoms with Gasteiger partial charge in [0.15, 0.2) is 0 Å². The average Bonchev–Trinajstić information content (AvgIpc) is 2.84. The van der Waals surface area contributed by atoms with Crippen molar-refractivity contribution in [2.24, 2.45) is 5.92 Å². The fourth-order valence-corrected chi connectivity index (χ4v) is 2.77. The Kier molecular flexibility index (Phi) is 5.15. The van der Waals surface area contributed by atoms with Crippen LogP contribution in [0.4, 0.5) is 4.79 Å². The first-order chi connectivity index (χ1) is 9.20. The number of carbonyl (C=O) groups is 2. The molecule has 2 N–H and O–H groups in total. The molecule has 0 unspecified atom stereocenters. The quantitative estimate of drug-likeness (QED) is 0.728. The van der Waals surface area contributed by atoms with E-state index in [4.69, 9.17) is 0 Å². The van der Waals surface area contributed by atoms with Gasteiger partial charge in [-0.2, -0.15) is 0 Å². The highest BCUT2D eigenvalue weighted by Gasteiger charge is 2.28. The number of piperidine rings is 1. The van der Waals surface area contributed by atoms with Crippen molar-refractivity contribution in [1.82, 2.24) is 20.4 Å². The van der Waals surface area contributed by atoms with Crippen LogP contribution in [0, 0.1) is 5.92 Å². The highest BCUT2D eigenvalue weighted by molar-refractivity contribution is 5.96. The van der Waals surface area contributed by atoms with Gasteiger partial charge in [-0.1, -0.05) is 0 Å². The van der Waals surface area contributed by atoms with Crippen molar-refractivity contribution in [3.05, 3.63) is 0 Å². The van der Waals surface area contributed by atoms with Crippen LogP contribution >= 0.6 is 0 Å². The second-order valence-electron chi connectivity index (χ2n) is 5.39. The minimum atomic E-state index is -0.242. The smallest absolute Gasteiger partial charge is 0.324 e. The van der Waals surface area contributed by atoms with Crippen LogP contribution in [0.2, 0.25) is 0 Å². The van der Waals surface area contributed by atoms with Gasteiger partial charge >= 0.3 is 6.03 Å². The number of hydrogen-bond donors (Lipinski definition) is 2. The summed E-state index contributed by atoms with van der Waals surface area (Å²) in [5.74, 6) is 0.706. The zero-order chi connectivity index (χ0) is 13.7. The van der Waals surface area contributed by atoms with E-state index in [2.05, 4.69) is 15.5 Å². The maximum Gasteiger partial charge on any atom is 0.324 e. The van der Waals surface area contributed by atoms with Gasteiger partial charge in [0, 0.05) is 13.1 Å². The lowest BCUT2D eigenvalue weighted by Gasteiger charge is -2.32. The topological polar surface area (TPSA) is 64.7 Å². The molecule has 0 radical (unpaired) electrons. The Morgan fingerprint density at radius 1 is 1.37 bits per heavy atom. The SMILES string of the molecule is CNCCC1CCN(CC(=O)N2CCNC2=O)CC1. The molecule has 2 saturated heterocycles. The number of hydrogen-bond acceptors (Lipinski definition) is 4. The second kappa shape index (κ2) is 6.86. The fourth-order valence-electron chi connectivity index (χ4n) is 2.77. The number of nitrogens with one attached hydrogen (secondary N) is 2. The normalized spacial score (nSPS) is 21.7. The van der Waals surface area contributed by atoms with Gasteiger partial charge in [0.25, 0.3) is 0 Å². The zero-order valence-electron chi connectivity index (χ0n) is 11.7. The van der Waals surface area contributed by atoms with E-state index in [9.17, 15) is 9.59 Å². The predicted octanol–water partition coefficient (Wildman–Crippen LogP) is -0.140. The van der Waals surface area contributed by atoms with Crippen LogP contribution in [0.15, 0.2) is 0 Å². The van der Waals surface area contributed by atoms with Crippen LogP contribution in [-0.2, 0) is 4.79 Å². The number of likely N-dealkylation sites (tertiary alicyclic amines) is 1. The van der Waals surface area contributed by atoms with Crippen LogP contribution < -0.4 is 10.6 Å². The molecular formula is C13H24N4O2. The Hall–Kier alpha value is -1.14. The van der Waals surface area contributed by atoms with Gasteiger partial charge in [-0.25, -0.2) is 4.79 Å². The Morgan fingerprint density at radius 2 is 2.11 bits per heavy atom.